The smallest absolute Gasteiger partial charge is 0.238 e. The van der Waals surface area contributed by atoms with Gasteiger partial charge in [0.05, 0.1) is 12.8 Å². The van der Waals surface area contributed by atoms with Crippen molar-refractivity contribution >= 4 is 21.6 Å². The fourth-order valence-corrected chi connectivity index (χ4v) is 1.84. The minimum Gasteiger partial charge on any atom is -0.325 e. The quantitative estimate of drug-likeness (QED) is 0.619. The molecular formula is C12H19N3O3S. The molecule has 106 valence electrons. The summed E-state index contributed by atoms with van der Waals surface area (Å²) >= 11 is 0. The highest BCUT2D eigenvalue weighted by atomic mass is 32.2. The van der Waals surface area contributed by atoms with Crippen LogP contribution in [-0.4, -0.2) is 40.2 Å². The number of aryl methyl sites for hydroxylation is 1. The summed E-state index contributed by atoms with van der Waals surface area (Å²) in [5.74, 6) is -0.164. The van der Waals surface area contributed by atoms with Crippen LogP contribution in [-0.2, 0) is 14.8 Å². The summed E-state index contributed by atoms with van der Waals surface area (Å²) in [5.41, 5.74) is 1.87. The lowest BCUT2D eigenvalue weighted by molar-refractivity contribution is -0.115. The van der Waals surface area contributed by atoms with Gasteiger partial charge in [-0.2, -0.15) is 0 Å². The number of rotatable bonds is 7. The molecule has 19 heavy (non-hydrogen) atoms. The van der Waals surface area contributed by atoms with Crippen molar-refractivity contribution < 1.29 is 13.2 Å². The van der Waals surface area contributed by atoms with E-state index in [0.717, 1.165) is 17.5 Å². The first-order valence-corrected chi connectivity index (χ1v) is 7.78. The van der Waals surface area contributed by atoms with Crippen molar-refractivity contribution in [3.63, 3.8) is 0 Å². The molecule has 0 unspecified atom stereocenters. The molecule has 1 amide bonds. The van der Waals surface area contributed by atoms with Gasteiger partial charge in [0.1, 0.15) is 0 Å². The monoisotopic (exact) mass is 285 g/mol. The number of hydrogen-bond donors (Lipinski definition) is 3. The third kappa shape index (κ3) is 7.55. The highest BCUT2D eigenvalue weighted by molar-refractivity contribution is 7.88. The van der Waals surface area contributed by atoms with Gasteiger partial charge in [-0.15, -0.1) is 0 Å². The number of carbonyl (C=O) groups excluding carboxylic acids is 1. The predicted octanol–water partition coefficient (Wildman–Crippen LogP) is 0.0723. The largest absolute Gasteiger partial charge is 0.325 e. The van der Waals surface area contributed by atoms with Crippen LogP contribution in [0.1, 0.15) is 5.56 Å². The fourth-order valence-electron chi connectivity index (χ4n) is 1.37. The van der Waals surface area contributed by atoms with Crippen molar-refractivity contribution in [1.82, 2.24) is 10.0 Å². The highest BCUT2D eigenvalue weighted by Crippen LogP contribution is 2.07. The van der Waals surface area contributed by atoms with Crippen molar-refractivity contribution in [2.45, 2.75) is 6.92 Å². The van der Waals surface area contributed by atoms with Crippen LogP contribution >= 0.6 is 0 Å². The second-order valence-corrected chi connectivity index (χ2v) is 6.09. The van der Waals surface area contributed by atoms with Gasteiger partial charge in [-0.25, -0.2) is 13.1 Å². The van der Waals surface area contributed by atoms with E-state index in [-0.39, 0.29) is 19.0 Å². The predicted molar refractivity (Wildman–Crippen MR) is 75.5 cm³/mol. The second-order valence-electron chi connectivity index (χ2n) is 4.26. The minimum atomic E-state index is -3.17. The van der Waals surface area contributed by atoms with Gasteiger partial charge < -0.3 is 10.6 Å². The maximum Gasteiger partial charge on any atom is 0.238 e. The molecule has 0 saturated carbocycles. The summed E-state index contributed by atoms with van der Waals surface area (Å²) in [5, 5.41) is 5.59. The Kier molecular flexibility index (Phi) is 5.94. The molecule has 7 heteroatoms. The molecule has 0 aliphatic rings. The summed E-state index contributed by atoms with van der Waals surface area (Å²) in [7, 11) is -3.17. The minimum absolute atomic E-state index is 0.138. The van der Waals surface area contributed by atoms with Crippen LogP contribution in [0.4, 0.5) is 5.69 Å². The summed E-state index contributed by atoms with van der Waals surface area (Å²) < 4.78 is 23.9. The van der Waals surface area contributed by atoms with E-state index < -0.39 is 10.0 Å². The van der Waals surface area contributed by atoms with Crippen molar-refractivity contribution in [2.75, 3.05) is 31.2 Å². The number of sulfonamides is 1. The van der Waals surface area contributed by atoms with Crippen molar-refractivity contribution in [3.05, 3.63) is 29.8 Å². The Bertz CT molecular complexity index is 512. The third-order valence-electron chi connectivity index (χ3n) is 2.29. The Morgan fingerprint density at radius 3 is 2.37 bits per heavy atom. The van der Waals surface area contributed by atoms with Crippen molar-refractivity contribution in [3.8, 4) is 0 Å². The van der Waals surface area contributed by atoms with E-state index >= 15 is 0 Å². The zero-order valence-corrected chi connectivity index (χ0v) is 11.9. The molecule has 0 atom stereocenters. The third-order valence-corrected chi connectivity index (χ3v) is 3.02. The normalized spacial score (nSPS) is 11.3. The molecule has 0 fully saturated rings. The van der Waals surface area contributed by atoms with Crippen LogP contribution in [0.2, 0.25) is 0 Å². The van der Waals surface area contributed by atoms with E-state index in [4.69, 9.17) is 0 Å². The van der Waals surface area contributed by atoms with E-state index in [2.05, 4.69) is 15.4 Å². The van der Waals surface area contributed by atoms with E-state index in [9.17, 15) is 13.2 Å². The maximum atomic E-state index is 11.5. The molecule has 3 N–H and O–H groups in total. The Hall–Kier alpha value is -1.44. The molecular weight excluding hydrogens is 266 g/mol. The Morgan fingerprint density at radius 2 is 1.79 bits per heavy atom. The number of benzene rings is 1. The Labute approximate surface area is 113 Å². The van der Waals surface area contributed by atoms with Gasteiger partial charge in [-0.1, -0.05) is 17.7 Å². The van der Waals surface area contributed by atoms with Crippen molar-refractivity contribution in [2.24, 2.45) is 0 Å². The van der Waals surface area contributed by atoms with E-state index in [1.807, 2.05) is 31.2 Å². The fraction of sp³-hybridized carbons (Fsp3) is 0.417. The number of hydrogen-bond acceptors (Lipinski definition) is 4. The molecule has 1 aromatic rings. The van der Waals surface area contributed by atoms with Crippen LogP contribution in [0.15, 0.2) is 24.3 Å². The number of carbonyl (C=O) groups is 1. The van der Waals surface area contributed by atoms with Crippen LogP contribution in [0.5, 0.6) is 0 Å². The standard InChI is InChI=1S/C12H19N3O3S/c1-10-3-5-11(6-4-10)15-12(16)9-13-7-8-14-19(2,17)18/h3-6,13-14H,7-9H2,1-2H3,(H,15,16). The van der Waals surface area contributed by atoms with Crippen LogP contribution < -0.4 is 15.4 Å². The molecule has 0 radical (unpaired) electrons. The first-order valence-electron chi connectivity index (χ1n) is 5.89. The average molecular weight is 285 g/mol. The van der Waals surface area contributed by atoms with Gasteiger partial charge in [-0.05, 0) is 19.1 Å². The SMILES string of the molecule is Cc1ccc(NC(=O)CNCCNS(C)(=O)=O)cc1. The van der Waals surface area contributed by atoms with Crippen LogP contribution in [0, 0.1) is 6.92 Å². The summed E-state index contributed by atoms with van der Waals surface area (Å²) in [4.78, 5) is 11.5. The molecule has 0 bridgehead atoms. The number of anilines is 1. The lowest BCUT2D eigenvalue weighted by Gasteiger charge is -2.07. The zero-order chi connectivity index (χ0) is 14.3. The lowest BCUT2D eigenvalue weighted by atomic mass is 10.2. The number of nitrogens with one attached hydrogen (secondary N) is 3. The first kappa shape index (κ1) is 15.6. The van der Waals surface area contributed by atoms with Gasteiger partial charge in [0, 0.05) is 18.8 Å². The first-order chi connectivity index (χ1) is 8.87. The molecule has 0 aliphatic carbocycles. The molecule has 0 aliphatic heterocycles. The Balaban J connectivity index is 2.20. The molecule has 1 aromatic carbocycles. The molecule has 6 nitrogen and oxygen atoms in total. The zero-order valence-electron chi connectivity index (χ0n) is 11.1. The lowest BCUT2D eigenvalue weighted by Crippen LogP contribution is -2.35. The topological polar surface area (TPSA) is 87.3 Å². The molecule has 0 spiro atoms. The second kappa shape index (κ2) is 7.22. The molecule has 1 rings (SSSR count). The van der Waals surface area contributed by atoms with Gasteiger partial charge in [-0.3, -0.25) is 4.79 Å². The molecule has 0 aromatic heterocycles. The van der Waals surface area contributed by atoms with Gasteiger partial charge in [0.15, 0.2) is 0 Å². The summed E-state index contributed by atoms with van der Waals surface area (Å²) in [6, 6.07) is 7.50. The van der Waals surface area contributed by atoms with E-state index in [1.54, 1.807) is 0 Å². The average Bonchev–Trinajstić information content (AvgIpc) is 2.30. The maximum absolute atomic E-state index is 11.5. The summed E-state index contributed by atoms with van der Waals surface area (Å²) in [6.45, 7) is 2.77. The van der Waals surface area contributed by atoms with E-state index in [0.29, 0.717) is 6.54 Å². The van der Waals surface area contributed by atoms with Gasteiger partial charge in [0.2, 0.25) is 15.9 Å². The van der Waals surface area contributed by atoms with Gasteiger partial charge >= 0.3 is 0 Å². The van der Waals surface area contributed by atoms with Crippen LogP contribution in [0.3, 0.4) is 0 Å². The van der Waals surface area contributed by atoms with Crippen molar-refractivity contribution in [1.29, 1.82) is 0 Å². The summed E-state index contributed by atoms with van der Waals surface area (Å²) in [6.07, 6.45) is 1.09. The number of amides is 1. The van der Waals surface area contributed by atoms with Gasteiger partial charge in [0.25, 0.3) is 0 Å². The highest BCUT2D eigenvalue weighted by Gasteiger charge is 2.02. The molecule has 0 saturated heterocycles. The molecule has 0 heterocycles. The Morgan fingerprint density at radius 1 is 1.16 bits per heavy atom. The van der Waals surface area contributed by atoms with E-state index in [1.165, 1.54) is 0 Å². The van der Waals surface area contributed by atoms with Crippen LogP contribution in [0.25, 0.3) is 0 Å².